The molecule has 0 aliphatic heterocycles. The molecule has 0 amide bonds. The van der Waals surface area contributed by atoms with E-state index in [0.717, 1.165) is 19.3 Å². The van der Waals surface area contributed by atoms with E-state index in [1.165, 1.54) is 18.1 Å². The molecule has 0 aromatic carbocycles. The minimum absolute atomic E-state index is 0.0529. The normalized spacial score (nSPS) is 42.9. The van der Waals surface area contributed by atoms with E-state index < -0.39 is 22.8 Å². The molecule has 0 aromatic heterocycles. The fourth-order valence-corrected chi connectivity index (χ4v) is 6.74. The van der Waals surface area contributed by atoms with Gasteiger partial charge in [0, 0.05) is 17.8 Å². The van der Waals surface area contributed by atoms with Gasteiger partial charge in [-0.25, -0.2) is 0 Å². The molecule has 4 rings (SSSR count). The van der Waals surface area contributed by atoms with Crippen molar-refractivity contribution in [2.45, 2.75) is 59.0 Å². The van der Waals surface area contributed by atoms with Crippen LogP contribution in [0.4, 0.5) is 0 Å². The van der Waals surface area contributed by atoms with Crippen molar-refractivity contribution in [2.24, 2.45) is 28.6 Å². The topological polar surface area (TPSA) is 80.7 Å². The standard InChI is InChI=1S/C24H30O5/c1-14-11-20-18-6-5-16-12-17(26)7-9-22(16,3)19(18)8-10-23(20,4)24(14,28)21(27)13-29-15(2)25/h7-9,12,14,18,20,28H,5-6,10-11,13H2,1-4H3/t14-,18-,20-,22+,23-,24+/m1/s1. The molecule has 2 saturated carbocycles. The van der Waals surface area contributed by atoms with Crippen LogP contribution >= 0.6 is 0 Å². The summed E-state index contributed by atoms with van der Waals surface area (Å²) in [4.78, 5) is 36.1. The van der Waals surface area contributed by atoms with Crippen molar-refractivity contribution in [1.82, 2.24) is 0 Å². The second kappa shape index (κ2) is 6.49. The average Bonchev–Trinajstić information content (AvgIpc) is 2.88. The molecule has 0 saturated heterocycles. The van der Waals surface area contributed by atoms with Crippen LogP contribution in [0.2, 0.25) is 0 Å². The van der Waals surface area contributed by atoms with Crippen LogP contribution in [0.1, 0.15) is 53.4 Å². The van der Waals surface area contributed by atoms with Crippen molar-refractivity contribution in [3.8, 4) is 0 Å². The lowest BCUT2D eigenvalue weighted by Gasteiger charge is -2.53. The summed E-state index contributed by atoms with van der Waals surface area (Å²) in [7, 11) is 0. The highest BCUT2D eigenvalue weighted by molar-refractivity contribution is 6.01. The number of ether oxygens (including phenoxy) is 1. The molecule has 5 heteroatoms. The molecule has 6 atom stereocenters. The Morgan fingerprint density at radius 2 is 2.03 bits per heavy atom. The summed E-state index contributed by atoms with van der Waals surface area (Å²) in [5.74, 6) is -0.621. The minimum atomic E-state index is -1.51. The number of fused-ring (bicyclic) bond motifs is 5. The Bertz CT molecular complexity index is 880. The van der Waals surface area contributed by atoms with Gasteiger partial charge in [0.15, 0.2) is 12.4 Å². The molecule has 0 spiro atoms. The van der Waals surface area contributed by atoms with E-state index in [0.29, 0.717) is 6.42 Å². The highest BCUT2D eigenvalue weighted by Gasteiger charge is 2.67. The number of carbonyl (C=O) groups is 3. The first-order valence-corrected chi connectivity index (χ1v) is 10.6. The van der Waals surface area contributed by atoms with E-state index in [4.69, 9.17) is 4.74 Å². The van der Waals surface area contributed by atoms with E-state index in [1.807, 2.05) is 19.9 Å². The van der Waals surface area contributed by atoms with Gasteiger partial charge >= 0.3 is 5.97 Å². The van der Waals surface area contributed by atoms with Crippen LogP contribution in [0.3, 0.4) is 0 Å². The summed E-state index contributed by atoms with van der Waals surface area (Å²) in [6.45, 7) is 7.03. The Morgan fingerprint density at radius 3 is 2.72 bits per heavy atom. The quantitative estimate of drug-likeness (QED) is 0.583. The SMILES string of the molecule is CC(=O)OCC(=O)[C@@]1(O)[C@H](C)C[C@@H]2[C@@H]3CCC4=CC(=O)C=C[C@]4(C)C3=CC[C@]21C. The summed E-state index contributed by atoms with van der Waals surface area (Å²) in [6.07, 6.45) is 10.8. The van der Waals surface area contributed by atoms with Gasteiger partial charge in [0.25, 0.3) is 0 Å². The van der Waals surface area contributed by atoms with Crippen molar-refractivity contribution < 1.29 is 24.2 Å². The van der Waals surface area contributed by atoms with Gasteiger partial charge in [0.1, 0.15) is 5.60 Å². The lowest BCUT2D eigenvalue weighted by Crippen LogP contribution is -2.57. The molecule has 0 aromatic rings. The molecule has 156 valence electrons. The molecule has 1 N–H and O–H groups in total. The molecule has 0 unspecified atom stereocenters. The number of hydrogen-bond acceptors (Lipinski definition) is 5. The monoisotopic (exact) mass is 398 g/mol. The first-order chi connectivity index (χ1) is 13.5. The average molecular weight is 398 g/mol. The molecule has 0 bridgehead atoms. The fourth-order valence-electron chi connectivity index (χ4n) is 6.74. The molecule has 4 aliphatic rings. The first kappa shape index (κ1) is 20.3. The summed E-state index contributed by atoms with van der Waals surface area (Å²) >= 11 is 0. The van der Waals surface area contributed by atoms with Crippen LogP contribution in [-0.4, -0.2) is 34.9 Å². The summed E-state index contributed by atoms with van der Waals surface area (Å²) in [6, 6.07) is 0. The predicted octanol–water partition coefficient (Wildman–Crippen LogP) is 3.32. The zero-order chi connectivity index (χ0) is 21.2. The molecule has 5 nitrogen and oxygen atoms in total. The third-order valence-corrected chi connectivity index (χ3v) is 8.36. The predicted molar refractivity (Wildman–Crippen MR) is 108 cm³/mol. The van der Waals surface area contributed by atoms with Crippen molar-refractivity contribution >= 4 is 17.5 Å². The van der Waals surface area contributed by atoms with Crippen LogP contribution < -0.4 is 0 Å². The van der Waals surface area contributed by atoms with E-state index in [9.17, 15) is 19.5 Å². The molecular weight excluding hydrogens is 368 g/mol. The van der Waals surface area contributed by atoms with E-state index in [1.54, 1.807) is 12.2 Å². The molecule has 0 heterocycles. The van der Waals surface area contributed by atoms with Crippen molar-refractivity contribution in [3.63, 3.8) is 0 Å². The minimum Gasteiger partial charge on any atom is -0.458 e. The number of Topliss-reactive ketones (excluding diaryl/α,β-unsaturated/α-hetero) is 1. The van der Waals surface area contributed by atoms with Gasteiger partial charge in [-0.15, -0.1) is 0 Å². The van der Waals surface area contributed by atoms with Gasteiger partial charge in [-0.05, 0) is 62.5 Å². The van der Waals surface area contributed by atoms with Crippen molar-refractivity contribution in [1.29, 1.82) is 0 Å². The Balaban J connectivity index is 1.71. The van der Waals surface area contributed by atoms with Crippen molar-refractivity contribution in [3.05, 3.63) is 35.5 Å². The van der Waals surface area contributed by atoms with E-state index >= 15 is 0 Å². The summed E-state index contributed by atoms with van der Waals surface area (Å²) in [5, 5.41) is 11.7. The van der Waals surface area contributed by atoms with Crippen LogP contribution in [0.5, 0.6) is 0 Å². The Hall–Kier alpha value is -2.01. The smallest absolute Gasteiger partial charge is 0.303 e. The van der Waals surface area contributed by atoms with E-state index in [-0.39, 0.29) is 35.6 Å². The third-order valence-electron chi connectivity index (χ3n) is 8.36. The number of esters is 1. The van der Waals surface area contributed by atoms with Gasteiger partial charge in [0.05, 0.1) is 0 Å². The molecular formula is C24H30O5. The Kier molecular flexibility index (Phi) is 4.54. The highest BCUT2D eigenvalue weighted by atomic mass is 16.5. The maximum atomic E-state index is 13.0. The number of hydrogen-bond donors (Lipinski definition) is 1. The number of carbonyl (C=O) groups excluding carboxylic acids is 3. The zero-order valence-corrected chi connectivity index (χ0v) is 17.7. The van der Waals surface area contributed by atoms with Gasteiger partial charge in [-0.1, -0.05) is 37.1 Å². The number of allylic oxidation sites excluding steroid dienone is 6. The number of ketones is 2. The number of rotatable bonds is 3. The lowest BCUT2D eigenvalue weighted by atomic mass is 9.51. The zero-order valence-electron chi connectivity index (χ0n) is 17.7. The third kappa shape index (κ3) is 2.66. The fraction of sp³-hybridized carbons (Fsp3) is 0.625. The summed E-state index contributed by atoms with van der Waals surface area (Å²) in [5.41, 5.74) is 0.145. The van der Waals surface area contributed by atoms with Crippen molar-refractivity contribution in [2.75, 3.05) is 6.61 Å². The lowest BCUT2D eigenvalue weighted by molar-refractivity contribution is -0.167. The van der Waals surface area contributed by atoms with Gasteiger partial charge < -0.3 is 9.84 Å². The maximum absolute atomic E-state index is 13.0. The summed E-state index contributed by atoms with van der Waals surface area (Å²) < 4.78 is 4.95. The largest absolute Gasteiger partial charge is 0.458 e. The molecule has 2 fully saturated rings. The Labute approximate surface area is 171 Å². The number of aliphatic hydroxyl groups is 1. The van der Waals surface area contributed by atoms with Gasteiger partial charge in [-0.3, -0.25) is 14.4 Å². The van der Waals surface area contributed by atoms with Crippen LogP contribution in [0.15, 0.2) is 35.5 Å². The van der Waals surface area contributed by atoms with Gasteiger partial charge in [-0.2, -0.15) is 0 Å². The van der Waals surface area contributed by atoms with Crippen LogP contribution in [-0.2, 0) is 19.1 Å². The van der Waals surface area contributed by atoms with Gasteiger partial charge in [0.2, 0.25) is 5.78 Å². The van der Waals surface area contributed by atoms with Crippen LogP contribution in [0.25, 0.3) is 0 Å². The Morgan fingerprint density at radius 1 is 1.31 bits per heavy atom. The molecule has 4 aliphatic carbocycles. The maximum Gasteiger partial charge on any atom is 0.303 e. The first-order valence-electron chi connectivity index (χ1n) is 10.6. The molecule has 29 heavy (non-hydrogen) atoms. The second-order valence-electron chi connectivity index (χ2n) is 9.75. The second-order valence-corrected chi connectivity index (χ2v) is 9.75. The highest BCUT2D eigenvalue weighted by Crippen LogP contribution is 2.66. The molecule has 0 radical (unpaired) electrons. The van der Waals surface area contributed by atoms with E-state index in [2.05, 4.69) is 13.0 Å². The van der Waals surface area contributed by atoms with Crippen LogP contribution in [0, 0.1) is 28.6 Å².